The zero-order valence-electron chi connectivity index (χ0n) is 9.03. The SMILES string of the molecule is CCc1c(C(=O)O)c(C)nc2n[nH]c(N)c12. The first kappa shape index (κ1) is 10.4. The number of rotatable bonds is 2. The van der Waals surface area contributed by atoms with Gasteiger partial charge in [-0.3, -0.25) is 5.10 Å². The number of aromatic amines is 1. The number of aryl methyl sites for hydroxylation is 2. The molecule has 2 aromatic heterocycles. The molecular formula is C10H12N4O2. The monoisotopic (exact) mass is 220 g/mol. The van der Waals surface area contributed by atoms with Crippen molar-refractivity contribution in [2.45, 2.75) is 20.3 Å². The first-order chi connectivity index (χ1) is 7.56. The highest BCUT2D eigenvalue weighted by atomic mass is 16.4. The van der Waals surface area contributed by atoms with Crippen molar-refractivity contribution in [3.63, 3.8) is 0 Å². The lowest BCUT2D eigenvalue weighted by atomic mass is 10.0. The van der Waals surface area contributed by atoms with Crippen LogP contribution >= 0.6 is 0 Å². The summed E-state index contributed by atoms with van der Waals surface area (Å²) in [6, 6.07) is 0. The fourth-order valence-electron chi connectivity index (χ4n) is 1.92. The highest BCUT2D eigenvalue weighted by Crippen LogP contribution is 2.26. The molecule has 16 heavy (non-hydrogen) atoms. The maximum Gasteiger partial charge on any atom is 0.337 e. The number of hydrogen-bond donors (Lipinski definition) is 3. The second-order valence-electron chi connectivity index (χ2n) is 3.55. The predicted molar refractivity (Wildman–Crippen MR) is 59.4 cm³/mol. The number of carboxylic acids is 1. The third kappa shape index (κ3) is 1.30. The van der Waals surface area contributed by atoms with Crippen LogP contribution in [0.3, 0.4) is 0 Å². The molecule has 2 heterocycles. The molecule has 6 heteroatoms. The van der Waals surface area contributed by atoms with Crippen molar-refractivity contribution in [1.82, 2.24) is 15.2 Å². The van der Waals surface area contributed by atoms with Gasteiger partial charge in [0.1, 0.15) is 5.82 Å². The summed E-state index contributed by atoms with van der Waals surface area (Å²) >= 11 is 0. The standard InChI is InChI=1S/C10H12N4O2/c1-3-5-6(10(15)16)4(2)12-9-7(5)8(11)13-14-9/h3H2,1-2H3,(H,15,16)(H3,11,12,13,14). The molecule has 0 radical (unpaired) electrons. The molecule has 0 aromatic carbocycles. The fraction of sp³-hybridized carbons (Fsp3) is 0.300. The number of nitrogen functional groups attached to an aromatic ring is 1. The summed E-state index contributed by atoms with van der Waals surface area (Å²) < 4.78 is 0. The molecule has 0 fully saturated rings. The van der Waals surface area contributed by atoms with E-state index in [1.165, 1.54) is 0 Å². The summed E-state index contributed by atoms with van der Waals surface area (Å²) in [5.74, 6) is -0.619. The van der Waals surface area contributed by atoms with E-state index in [4.69, 9.17) is 10.8 Å². The lowest BCUT2D eigenvalue weighted by Gasteiger charge is -2.07. The summed E-state index contributed by atoms with van der Waals surface area (Å²) in [6.45, 7) is 3.54. The summed E-state index contributed by atoms with van der Waals surface area (Å²) in [5, 5.41) is 16.3. The Bertz CT molecular complexity index is 574. The van der Waals surface area contributed by atoms with E-state index < -0.39 is 5.97 Å². The van der Waals surface area contributed by atoms with Crippen LogP contribution in [0.1, 0.15) is 28.5 Å². The molecule has 4 N–H and O–H groups in total. The van der Waals surface area contributed by atoms with Gasteiger partial charge in [-0.1, -0.05) is 6.92 Å². The van der Waals surface area contributed by atoms with E-state index in [-0.39, 0.29) is 5.56 Å². The van der Waals surface area contributed by atoms with Gasteiger partial charge in [-0.05, 0) is 18.9 Å². The van der Waals surface area contributed by atoms with E-state index >= 15 is 0 Å². The number of nitrogens with zero attached hydrogens (tertiary/aromatic N) is 2. The van der Waals surface area contributed by atoms with E-state index in [0.29, 0.717) is 34.5 Å². The van der Waals surface area contributed by atoms with Crippen LogP contribution in [0.4, 0.5) is 5.82 Å². The molecule has 0 bridgehead atoms. The van der Waals surface area contributed by atoms with Gasteiger partial charge >= 0.3 is 5.97 Å². The van der Waals surface area contributed by atoms with Crippen LogP contribution < -0.4 is 5.73 Å². The molecule has 2 rings (SSSR count). The first-order valence-electron chi connectivity index (χ1n) is 4.92. The smallest absolute Gasteiger partial charge is 0.337 e. The Morgan fingerprint density at radius 2 is 2.25 bits per heavy atom. The Morgan fingerprint density at radius 3 is 2.81 bits per heavy atom. The highest BCUT2D eigenvalue weighted by molar-refractivity contribution is 5.99. The molecule has 0 aliphatic heterocycles. The van der Waals surface area contributed by atoms with Gasteiger partial charge in [-0.25, -0.2) is 9.78 Å². The van der Waals surface area contributed by atoms with Crippen molar-refractivity contribution >= 4 is 22.8 Å². The Kier molecular flexibility index (Phi) is 2.26. The summed E-state index contributed by atoms with van der Waals surface area (Å²) in [6.07, 6.45) is 0.575. The number of carbonyl (C=O) groups is 1. The molecule has 0 amide bonds. The third-order valence-electron chi connectivity index (χ3n) is 2.58. The van der Waals surface area contributed by atoms with E-state index in [1.807, 2.05) is 6.92 Å². The minimum atomic E-state index is -0.982. The average Bonchev–Trinajstić information content (AvgIpc) is 2.57. The summed E-state index contributed by atoms with van der Waals surface area (Å²) in [4.78, 5) is 15.3. The lowest BCUT2D eigenvalue weighted by molar-refractivity contribution is 0.0694. The van der Waals surface area contributed by atoms with Crippen LogP contribution in [0.25, 0.3) is 11.0 Å². The zero-order valence-corrected chi connectivity index (χ0v) is 9.03. The van der Waals surface area contributed by atoms with Gasteiger partial charge < -0.3 is 10.8 Å². The molecule has 2 aromatic rings. The molecule has 0 saturated heterocycles. The quantitative estimate of drug-likeness (QED) is 0.703. The number of nitrogens with two attached hydrogens (primary N) is 1. The van der Waals surface area contributed by atoms with Gasteiger partial charge in [0, 0.05) is 0 Å². The number of fused-ring (bicyclic) bond motifs is 1. The van der Waals surface area contributed by atoms with E-state index in [1.54, 1.807) is 6.92 Å². The topological polar surface area (TPSA) is 105 Å². The minimum Gasteiger partial charge on any atom is -0.478 e. The highest BCUT2D eigenvalue weighted by Gasteiger charge is 2.19. The van der Waals surface area contributed by atoms with Crippen LogP contribution in [-0.4, -0.2) is 26.3 Å². The number of nitrogens with one attached hydrogen (secondary N) is 1. The van der Waals surface area contributed by atoms with Crippen molar-refractivity contribution in [3.05, 3.63) is 16.8 Å². The molecule has 0 aliphatic rings. The van der Waals surface area contributed by atoms with Crippen molar-refractivity contribution in [3.8, 4) is 0 Å². The van der Waals surface area contributed by atoms with Gasteiger partial charge in [0.05, 0.1) is 16.6 Å². The van der Waals surface area contributed by atoms with Crippen LogP contribution in [0.2, 0.25) is 0 Å². The van der Waals surface area contributed by atoms with Gasteiger partial charge in [-0.15, -0.1) is 0 Å². The number of anilines is 1. The molecule has 0 unspecified atom stereocenters. The zero-order chi connectivity index (χ0) is 11.9. The molecule has 0 spiro atoms. The van der Waals surface area contributed by atoms with Crippen molar-refractivity contribution in [2.75, 3.05) is 5.73 Å². The number of carboxylic acid groups (broad SMARTS) is 1. The number of H-pyrrole nitrogens is 1. The Morgan fingerprint density at radius 1 is 1.56 bits per heavy atom. The Labute approximate surface area is 91.5 Å². The molecule has 0 atom stereocenters. The van der Waals surface area contributed by atoms with Crippen LogP contribution in [0, 0.1) is 6.92 Å². The second kappa shape index (κ2) is 3.48. The second-order valence-corrected chi connectivity index (χ2v) is 3.55. The van der Waals surface area contributed by atoms with E-state index in [2.05, 4.69) is 15.2 Å². The van der Waals surface area contributed by atoms with E-state index in [0.717, 1.165) is 0 Å². The number of pyridine rings is 1. The van der Waals surface area contributed by atoms with E-state index in [9.17, 15) is 4.79 Å². The maximum absolute atomic E-state index is 11.2. The van der Waals surface area contributed by atoms with Crippen molar-refractivity contribution in [2.24, 2.45) is 0 Å². The van der Waals surface area contributed by atoms with Gasteiger partial charge in [-0.2, -0.15) is 5.10 Å². The Hall–Kier alpha value is -2.11. The van der Waals surface area contributed by atoms with Gasteiger partial charge in [0.15, 0.2) is 5.65 Å². The molecule has 0 aliphatic carbocycles. The van der Waals surface area contributed by atoms with Crippen molar-refractivity contribution in [1.29, 1.82) is 0 Å². The molecular weight excluding hydrogens is 208 g/mol. The van der Waals surface area contributed by atoms with Crippen LogP contribution in [0.15, 0.2) is 0 Å². The minimum absolute atomic E-state index is 0.225. The van der Waals surface area contributed by atoms with Crippen LogP contribution in [-0.2, 0) is 6.42 Å². The first-order valence-corrected chi connectivity index (χ1v) is 4.92. The summed E-state index contributed by atoms with van der Waals surface area (Å²) in [7, 11) is 0. The third-order valence-corrected chi connectivity index (χ3v) is 2.58. The molecule has 84 valence electrons. The number of aromatic carboxylic acids is 1. The fourth-order valence-corrected chi connectivity index (χ4v) is 1.92. The molecule has 0 saturated carbocycles. The largest absolute Gasteiger partial charge is 0.478 e. The van der Waals surface area contributed by atoms with Gasteiger partial charge in [0.2, 0.25) is 0 Å². The van der Waals surface area contributed by atoms with Gasteiger partial charge in [0.25, 0.3) is 0 Å². The lowest BCUT2D eigenvalue weighted by Crippen LogP contribution is -2.07. The summed E-state index contributed by atoms with van der Waals surface area (Å²) in [5.41, 5.74) is 7.56. The van der Waals surface area contributed by atoms with Crippen LogP contribution in [0.5, 0.6) is 0 Å². The number of hydrogen-bond acceptors (Lipinski definition) is 4. The maximum atomic E-state index is 11.2. The normalized spacial score (nSPS) is 10.9. The molecule has 6 nitrogen and oxygen atoms in total. The number of aromatic nitrogens is 3. The predicted octanol–water partition coefficient (Wildman–Crippen LogP) is 1.11. The average molecular weight is 220 g/mol. The Balaban J connectivity index is 2.94. The van der Waals surface area contributed by atoms with Crippen molar-refractivity contribution < 1.29 is 9.90 Å².